The number of hydrogen-bond donors (Lipinski definition) is 0. The first kappa shape index (κ1) is 18.3. The van der Waals surface area contributed by atoms with Crippen molar-refractivity contribution in [2.24, 2.45) is 0 Å². The van der Waals surface area contributed by atoms with Crippen LogP contribution >= 0.6 is 0 Å². The molecule has 0 spiro atoms. The van der Waals surface area contributed by atoms with Gasteiger partial charge in [-0.15, -0.1) is 0 Å². The number of nitrogens with zero attached hydrogens (tertiary/aromatic N) is 1. The molecule has 2 aromatic rings. The lowest BCUT2D eigenvalue weighted by atomic mass is 9.96. The van der Waals surface area contributed by atoms with Gasteiger partial charge in [-0.05, 0) is 35.4 Å². The quantitative estimate of drug-likeness (QED) is 0.597. The minimum atomic E-state index is -0.251. The van der Waals surface area contributed by atoms with E-state index in [9.17, 15) is 4.79 Å². The molecule has 0 radical (unpaired) electrons. The van der Waals surface area contributed by atoms with Crippen LogP contribution in [0.3, 0.4) is 0 Å². The molecule has 3 unspecified atom stereocenters. The Hall–Kier alpha value is -2.07. The van der Waals surface area contributed by atoms with E-state index in [1.165, 1.54) is 12.8 Å². The Labute approximate surface area is 161 Å². The van der Waals surface area contributed by atoms with Crippen LogP contribution in [0.2, 0.25) is 0 Å². The van der Waals surface area contributed by atoms with Gasteiger partial charge in [0.1, 0.15) is 11.9 Å². The monoisotopic (exact) mass is 368 g/mol. The topological polar surface area (TPSA) is 35.5 Å². The van der Waals surface area contributed by atoms with Crippen LogP contribution in [0.15, 0.2) is 36.4 Å². The molecule has 2 aliphatic rings. The van der Waals surface area contributed by atoms with Crippen LogP contribution < -0.4 is 4.74 Å². The number of esters is 1. The van der Waals surface area contributed by atoms with Gasteiger partial charge in [0.15, 0.2) is 0 Å². The number of ether oxygens (including phenoxy) is 2. The highest BCUT2D eigenvalue weighted by molar-refractivity contribution is 5.86. The van der Waals surface area contributed by atoms with Crippen molar-refractivity contribution in [2.75, 3.05) is 21.2 Å². The predicted octanol–water partition coefficient (Wildman–Crippen LogP) is 4.26. The summed E-state index contributed by atoms with van der Waals surface area (Å²) in [4.78, 5) is 12.8. The molecule has 144 valence electrons. The Morgan fingerprint density at radius 2 is 1.67 bits per heavy atom. The van der Waals surface area contributed by atoms with Crippen LogP contribution in [0, 0.1) is 0 Å². The van der Waals surface area contributed by atoms with Crippen LogP contribution in [0.4, 0.5) is 0 Å². The molecule has 2 aromatic carbocycles. The number of methoxy groups -OCH3 is 1. The van der Waals surface area contributed by atoms with Crippen molar-refractivity contribution in [1.82, 2.24) is 0 Å². The highest BCUT2D eigenvalue weighted by Gasteiger charge is 2.50. The first-order valence-corrected chi connectivity index (χ1v) is 10.00. The highest BCUT2D eigenvalue weighted by Crippen LogP contribution is 2.41. The smallest absolute Gasteiger partial charge is 0.313 e. The lowest BCUT2D eigenvalue weighted by molar-refractivity contribution is -0.931. The van der Waals surface area contributed by atoms with Gasteiger partial charge in [0.25, 0.3) is 0 Å². The third kappa shape index (κ3) is 3.31. The van der Waals surface area contributed by atoms with Gasteiger partial charge in [0, 0.05) is 25.7 Å². The van der Waals surface area contributed by atoms with Gasteiger partial charge >= 0.3 is 5.97 Å². The minimum Gasteiger partial charge on any atom is -0.497 e. The number of quaternary nitrogens is 1. The zero-order chi connectivity index (χ0) is 19.2. The maximum atomic E-state index is 12.8. The summed E-state index contributed by atoms with van der Waals surface area (Å²) in [5.74, 6) is 0.494. The molecular formula is C23H30NO3+. The number of rotatable bonds is 4. The van der Waals surface area contributed by atoms with Crippen LogP contribution in [0.1, 0.15) is 44.1 Å². The van der Waals surface area contributed by atoms with Crippen LogP contribution in [0.5, 0.6) is 5.75 Å². The maximum absolute atomic E-state index is 12.8. The fraction of sp³-hybridized carbons (Fsp3) is 0.522. The lowest BCUT2D eigenvalue weighted by Crippen LogP contribution is -2.56. The molecule has 2 fully saturated rings. The Morgan fingerprint density at radius 1 is 1.04 bits per heavy atom. The highest BCUT2D eigenvalue weighted by atomic mass is 16.5. The molecule has 4 heteroatoms. The van der Waals surface area contributed by atoms with E-state index in [0.717, 1.165) is 39.4 Å². The first-order chi connectivity index (χ1) is 12.9. The van der Waals surface area contributed by atoms with E-state index in [2.05, 4.69) is 26.2 Å². The second-order valence-corrected chi connectivity index (χ2v) is 8.74. The van der Waals surface area contributed by atoms with Gasteiger partial charge < -0.3 is 14.0 Å². The first-order valence-electron chi connectivity index (χ1n) is 10.00. The number of carbonyl (C=O) groups is 1. The van der Waals surface area contributed by atoms with Crippen molar-refractivity contribution in [3.8, 4) is 5.75 Å². The van der Waals surface area contributed by atoms with Crippen molar-refractivity contribution in [3.05, 3.63) is 42.0 Å². The van der Waals surface area contributed by atoms with Gasteiger partial charge in [0.2, 0.25) is 0 Å². The SMILES string of the molecule is COc1ccc2cc(C(C)C(=O)OC3CC4CCC(C3)[N+]4(C)C)ccc2c1. The van der Waals surface area contributed by atoms with E-state index in [1.807, 2.05) is 31.2 Å². The number of hydrogen-bond acceptors (Lipinski definition) is 3. The molecule has 0 amide bonds. The van der Waals surface area contributed by atoms with Gasteiger partial charge in [0.05, 0.1) is 39.2 Å². The standard InChI is InChI=1S/C23H30NO3/c1-15(16-5-6-18-12-21(26-4)10-7-17(18)11-16)23(25)27-22-13-19-8-9-20(14-22)24(19,2)3/h5-7,10-12,15,19-20,22H,8-9,13-14H2,1-4H3/q+1. The molecule has 4 nitrogen and oxygen atoms in total. The second-order valence-electron chi connectivity index (χ2n) is 8.74. The summed E-state index contributed by atoms with van der Waals surface area (Å²) in [6.45, 7) is 1.95. The summed E-state index contributed by atoms with van der Waals surface area (Å²) in [6, 6.07) is 13.4. The molecule has 0 N–H and O–H groups in total. The molecule has 0 aromatic heterocycles. The minimum absolute atomic E-state index is 0.0771. The Kier molecular flexibility index (Phi) is 4.63. The molecule has 2 heterocycles. The van der Waals surface area contributed by atoms with Gasteiger partial charge in [-0.1, -0.05) is 24.3 Å². The number of carbonyl (C=O) groups excluding carboxylic acids is 1. The molecule has 2 bridgehead atoms. The van der Waals surface area contributed by atoms with Crippen molar-refractivity contribution in [2.45, 2.75) is 56.7 Å². The van der Waals surface area contributed by atoms with Crippen molar-refractivity contribution < 1.29 is 18.8 Å². The average molecular weight is 368 g/mol. The van der Waals surface area contributed by atoms with Crippen molar-refractivity contribution in [1.29, 1.82) is 0 Å². The summed E-state index contributed by atoms with van der Waals surface area (Å²) >= 11 is 0. The van der Waals surface area contributed by atoms with E-state index in [0.29, 0.717) is 12.1 Å². The summed E-state index contributed by atoms with van der Waals surface area (Å²) < 4.78 is 12.3. The third-order valence-electron chi connectivity index (χ3n) is 6.99. The average Bonchev–Trinajstić information content (AvgIpc) is 2.84. The fourth-order valence-corrected chi connectivity index (χ4v) is 4.97. The Morgan fingerprint density at radius 3 is 2.33 bits per heavy atom. The van der Waals surface area contributed by atoms with Crippen LogP contribution in [0.25, 0.3) is 10.8 Å². The number of benzene rings is 2. The maximum Gasteiger partial charge on any atom is 0.313 e. The molecule has 2 aliphatic heterocycles. The second kappa shape index (κ2) is 6.83. The molecule has 27 heavy (non-hydrogen) atoms. The van der Waals surface area contributed by atoms with Gasteiger partial charge in [-0.3, -0.25) is 4.79 Å². The summed E-state index contributed by atoms with van der Waals surface area (Å²) in [5, 5.41) is 2.23. The zero-order valence-electron chi connectivity index (χ0n) is 16.8. The summed E-state index contributed by atoms with van der Waals surface area (Å²) in [5.41, 5.74) is 1.01. The van der Waals surface area contributed by atoms with E-state index >= 15 is 0 Å². The van der Waals surface area contributed by atoms with E-state index in [1.54, 1.807) is 7.11 Å². The largest absolute Gasteiger partial charge is 0.497 e. The zero-order valence-corrected chi connectivity index (χ0v) is 16.8. The van der Waals surface area contributed by atoms with Crippen molar-refractivity contribution >= 4 is 16.7 Å². The predicted molar refractivity (Wildman–Crippen MR) is 107 cm³/mol. The molecule has 3 atom stereocenters. The molecule has 0 saturated carbocycles. The Balaban J connectivity index is 1.46. The fourth-order valence-electron chi connectivity index (χ4n) is 4.97. The lowest BCUT2D eigenvalue weighted by Gasteiger charge is -2.44. The molecular weight excluding hydrogens is 338 g/mol. The van der Waals surface area contributed by atoms with Crippen LogP contribution in [-0.2, 0) is 9.53 Å². The van der Waals surface area contributed by atoms with E-state index in [-0.39, 0.29) is 18.0 Å². The molecule has 2 saturated heterocycles. The summed E-state index contributed by atoms with van der Waals surface area (Å²) in [7, 11) is 6.32. The number of piperidine rings is 1. The van der Waals surface area contributed by atoms with Gasteiger partial charge in [-0.25, -0.2) is 0 Å². The van der Waals surface area contributed by atoms with Crippen LogP contribution in [-0.4, -0.2) is 49.8 Å². The Bertz CT molecular complexity index is 844. The third-order valence-corrected chi connectivity index (χ3v) is 6.99. The van der Waals surface area contributed by atoms with E-state index in [4.69, 9.17) is 9.47 Å². The van der Waals surface area contributed by atoms with Gasteiger partial charge in [-0.2, -0.15) is 0 Å². The molecule has 4 rings (SSSR count). The number of fused-ring (bicyclic) bond motifs is 3. The normalized spacial score (nSPS) is 27.3. The summed E-state index contributed by atoms with van der Waals surface area (Å²) in [6.07, 6.45) is 4.59. The molecule has 0 aliphatic carbocycles. The van der Waals surface area contributed by atoms with E-state index < -0.39 is 0 Å². The van der Waals surface area contributed by atoms with Crippen molar-refractivity contribution in [3.63, 3.8) is 0 Å².